The maximum absolute atomic E-state index is 9.44. The summed E-state index contributed by atoms with van der Waals surface area (Å²) in [6, 6.07) is 9.63. The molecule has 4 heteroatoms. The zero-order valence-corrected chi connectivity index (χ0v) is 13.2. The second kappa shape index (κ2) is 8.39. The van der Waals surface area contributed by atoms with Gasteiger partial charge >= 0.3 is 0 Å². The Bertz CT molecular complexity index is 572. The van der Waals surface area contributed by atoms with Crippen molar-refractivity contribution >= 4 is 5.69 Å². The van der Waals surface area contributed by atoms with Crippen LogP contribution in [0.3, 0.4) is 0 Å². The van der Waals surface area contributed by atoms with Crippen LogP contribution in [0.25, 0.3) is 0 Å². The molecule has 0 radical (unpaired) electrons. The third-order valence-electron chi connectivity index (χ3n) is 3.95. The number of rotatable bonds is 8. The van der Waals surface area contributed by atoms with Crippen LogP contribution in [0.4, 0.5) is 5.69 Å². The molecule has 118 valence electrons. The molecule has 0 aliphatic rings. The Hall–Kier alpha value is -2.07. The van der Waals surface area contributed by atoms with Gasteiger partial charge in [0, 0.05) is 18.9 Å². The molecule has 22 heavy (non-hydrogen) atoms. The highest BCUT2D eigenvalue weighted by Gasteiger charge is 2.04. The third kappa shape index (κ3) is 5.04. The van der Waals surface area contributed by atoms with Crippen molar-refractivity contribution in [2.45, 2.75) is 26.2 Å². The smallest absolute Gasteiger partial charge is 0.138 e. The first-order valence-corrected chi connectivity index (χ1v) is 7.87. The van der Waals surface area contributed by atoms with Gasteiger partial charge in [-0.1, -0.05) is 13.0 Å². The standard InChI is InChI=1S/C18H25N3O/c1-2-21(13-9-15-7-10-20-11-8-15)12-3-4-16-5-6-18(22)17(19)14-16/h5-8,10-11,14,22H,2-4,9,12-13,19H2,1H3. The van der Waals surface area contributed by atoms with E-state index in [2.05, 4.69) is 28.9 Å². The maximum Gasteiger partial charge on any atom is 0.138 e. The summed E-state index contributed by atoms with van der Waals surface area (Å²) >= 11 is 0. The van der Waals surface area contributed by atoms with Crippen LogP contribution >= 0.6 is 0 Å². The highest BCUT2D eigenvalue weighted by atomic mass is 16.3. The van der Waals surface area contributed by atoms with Crippen LogP contribution in [0.5, 0.6) is 5.75 Å². The van der Waals surface area contributed by atoms with E-state index in [0.29, 0.717) is 5.69 Å². The normalized spacial score (nSPS) is 11.0. The summed E-state index contributed by atoms with van der Waals surface area (Å²) in [6.45, 7) is 5.40. The molecule has 0 saturated carbocycles. The average Bonchev–Trinajstić information content (AvgIpc) is 2.55. The first-order chi connectivity index (χ1) is 10.7. The SMILES string of the molecule is CCN(CCCc1ccc(O)c(N)c1)CCc1ccncc1. The van der Waals surface area contributed by atoms with Crippen LogP contribution in [-0.2, 0) is 12.8 Å². The van der Waals surface area contributed by atoms with Crippen LogP contribution in [0, 0.1) is 0 Å². The highest BCUT2D eigenvalue weighted by molar-refractivity contribution is 5.53. The summed E-state index contributed by atoms with van der Waals surface area (Å²) in [4.78, 5) is 6.51. The Kier molecular flexibility index (Phi) is 6.22. The number of aromatic nitrogens is 1. The Balaban J connectivity index is 1.75. The number of phenolic OH excluding ortho intramolecular Hbond substituents is 1. The van der Waals surface area contributed by atoms with Gasteiger partial charge in [-0.2, -0.15) is 0 Å². The molecule has 4 nitrogen and oxygen atoms in total. The molecule has 2 aromatic rings. The molecule has 0 atom stereocenters. The predicted molar refractivity (Wildman–Crippen MR) is 90.9 cm³/mol. The van der Waals surface area contributed by atoms with Crippen LogP contribution in [0.15, 0.2) is 42.7 Å². The third-order valence-corrected chi connectivity index (χ3v) is 3.95. The van der Waals surface area contributed by atoms with Gasteiger partial charge in [0.2, 0.25) is 0 Å². The first kappa shape index (κ1) is 16.3. The number of benzene rings is 1. The number of phenols is 1. The summed E-state index contributed by atoms with van der Waals surface area (Å²) in [5, 5.41) is 9.44. The van der Waals surface area contributed by atoms with Crippen molar-refractivity contribution in [3.63, 3.8) is 0 Å². The van der Waals surface area contributed by atoms with E-state index in [9.17, 15) is 5.11 Å². The summed E-state index contributed by atoms with van der Waals surface area (Å²) in [5.41, 5.74) is 8.70. The van der Waals surface area contributed by atoms with Crippen molar-refractivity contribution in [2.24, 2.45) is 0 Å². The molecule has 0 saturated heterocycles. The maximum atomic E-state index is 9.44. The van der Waals surface area contributed by atoms with Gasteiger partial charge in [-0.3, -0.25) is 4.98 Å². The number of nitrogens with zero attached hydrogens (tertiary/aromatic N) is 2. The van der Waals surface area contributed by atoms with Crippen molar-refractivity contribution in [2.75, 3.05) is 25.4 Å². The molecule has 0 spiro atoms. The molecule has 3 N–H and O–H groups in total. The lowest BCUT2D eigenvalue weighted by atomic mass is 10.1. The second-order valence-corrected chi connectivity index (χ2v) is 5.54. The minimum atomic E-state index is 0.163. The van der Waals surface area contributed by atoms with Gasteiger partial charge in [-0.15, -0.1) is 0 Å². The number of hydrogen-bond donors (Lipinski definition) is 2. The van der Waals surface area contributed by atoms with Gasteiger partial charge in [0.05, 0.1) is 5.69 Å². The number of aryl methyl sites for hydroxylation is 1. The van der Waals surface area contributed by atoms with E-state index in [4.69, 9.17) is 5.73 Å². The lowest BCUT2D eigenvalue weighted by Crippen LogP contribution is -2.27. The van der Waals surface area contributed by atoms with E-state index in [1.807, 2.05) is 24.5 Å². The van der Waals surface area contributed by atoms with Crippen LogP contribution in [0.1, 0.15) is 24.5 Å². The number of aromatic hydroxyl groups is 1. The van der Waals surface area contributed by atoms with Crippen LogP contribution in [-0.4, -0.2) is 34.6 Å². The van der Waals surface area contributed by atoms with E-state index >= 15 is 0 Å². The van der Waals surface area contributed by atoms with Crippen molar-refractivity contribution in [1.29, 1.82) is 0 Å². The Morgan fingerprint density at radius 2 is 1.82 bits per heavy atom. The summed E-state index contributed by atoms with van der Waals surface area (Å²) in [5.74, 6) is 0.163. The fourth-order valence-electron chi connectivity index (χ4n) is 2.53. The average molecular weight is 299 g/mol. The first-order valence-electron chi connectivity index (χ1n) is 7.87. The quantitative estimate of drug-likeness (QED) is 0.581. The molecule has 0 aliphatic heterocycles. The van der Waals surface area contributed by atoms with E-state index in [0.717, 1.165) is 38.9 Å². The zero-order valence-electron chi connectivity index (χ0n) is 13.2. The molecular formula is C18H25N3O. The van der Waals surface area contributed by atoms with E-state index in [-0.39, 0.29) is 5.75 Å². The largest absolute Gasteiger partial charge is 0.506 e. The molecule has 0 bridgehead atoms. The molecule has 0 unspecified atom stereocenters. The number of pyridine rings is 1. The molecule has 1 heterocycles. The van der Waals surface area contributed by atoms with Crippen LogP contribution in [0.2, 0.25) is 0 Å². The fraction of sp³-hybridized carbons (Fsp3) is 0.389. The van der Waals surface area contributed by atoms with E-state index in [1.165, 1.54) is 11.1 Å². The molecule has 0 amide bonds. The monoisotopic (exact) mass is 299 g/mol. The Morgan fingerprint density at radius 1 is 1.05 bits per heavy atom. The minimum Gasteiger partial charge on any atom is -0.506 e. The predicted octanol–water partition coefficient (Wildman–Crippen LogP) is 2.87. The molecule has 1 aromatic heterocycles. The van der Waals surface area contributed by atoms with Crippen molar-refractivity contribution in [3.05, 3.63) is 53.9 Å². The summed E-state index contributed by atoms with van der Waals surface area (Å²) in [6.07, 6.45) is 6.83. The van der Waals surface area contributed by atoms with Gasteiger partial charge in [-0.25, -0.2) is 0 Å². The summed E-state index contributed by atoms with van der Waals surface area (Å²) < 4.78 is 0. The van der Waals surface area contributed by atoms with Gasteiger partial charge in [0.1, 0.15) is 5.75 Å². The van der Waals surface area contributed by atoms with Gasteiger partial charge < -0.3 is 15.7 Å². The van der Waals surface area contributed by atoms with Crippen LogP contribution < -0.4 is 5.73 Å². The summed E-state index contributed by atoms with van der Waals surface area (Å²) in [7, 11) is 0. The lowest BCUT2D eigenvalue weighted by molar-refractivity contribution is 0.288. The fourth-order valence-corrected chi connectivity index (χ4v) is 2.53. The highest BCUT2D eigenvalue weighted by Crippen LogP contribution is 2.21. The molecule has 2 rings (SSSR count). The minimum absolute atomic E-state index is 0.163. The van der Waals surface area contributed by atoms with Crippen molar-refractivity contribution < 1.29 is 5.11 Å². The molecule has 1 aromatic carbocycles. The molecular weight excluding hydrogens is 274 g/mol. The van der Waals surface area contributed by atoms with E-state index < -0.39 is 0 Å². The molecule has 0 fully saturated rings. The number of anilines is 1. The van der Waals surface area contributed by atoms with Gasteiger partial charge in [0.25, 0.3) is 0 Å². The zero-order chi connectivity index (χ0) is 15.8. The number of nitrogens with two attached hydrogens (primary N) is 1. The second-order valence-electron chi connectivity index (χ2n) is 5.54. The number of hydrogen-bond acceptors (Lipinski definition) is 4. The van der Waals surface area contributed by atoms with E-state index in [1.54, 1.807) is 6.07 Å². The van der Waals surface area contributed by atoms with Gasteiger partial charge in [0.15, 0.2) is 0 Å². The van der Waals surface area contributed by atoms with Gasteiger partial charge in [-0.05, 0) is 67.7 Å². The topological polar surface area (TPSA) is 62.4 Å². The Labute approximate surface area is 132 Å². The van der Waals surface area contributed by atoms with Crippen molar-refractivity contribution in [3.8, 4) is 5.75 Å². The Morgan fingerprint density at radius 3 is 2.50 bits per heavy atom. The number of nitrogen functional groups attached to an aromatic ring is 1. The molecule has 0 aliphatic carbocycles. The van der Waals surface area contributed by atoms with Crippen molar-refractivity contribution in [1.82, 2.24) is 9.88 Å². The lowest BCUT2D eigenvalue weighted by Gasteiger charge is -2.20. The number of likely N-dealkylation sites (N-methyl/N-ethyl adjacent to an activating group) is 1.